The summed E-state index contributed by atoms with van der Waals surface area (Å²) in [5, 5.41) is 8.45. The van der Waals surface area contributed by atoms with Gasteiger partial charge in [-0.3, -0.25) is 0 Å². The summed E-state index contributed by atoms with van der Waals surface area (Å²) >= 11 is 0. The number of ether oxygens (including phenoxy) is 1. The predicted molar refractivity (Wildman–Crippen MR) is 64.7 cm³/mol. The van der Waals surface area contributed by atoms with E-state index >= 15 is 0 Å². The zero-order valence-electron chi connectivity index (χ0n) is 9.66. The van der Waals surface area contributed by atoms with E-state index in [-0.39, 0.29) is 11.7 Å². The van der Waals surface area contributed by atoms with Crippen molar-refractivity contribution in [3.8, 4) is 0 Å². The lowest BCUT2D eigenvalue weighted by molar-refractivity contribution is -0.132. The van der Waals surface area contributed by atoms with Crippen LogP contribution in [0.3, 0.4) is 0 Å². The third-order valence-corrected chi connectivity index (χ3v) is 1.15. The van der Waals surface area contributed by atoms with E-state index in [1.165, 1.54) is 13.0 Å². The van der Waals surface area contributed by atoms with Crippen molar-refractivity contribution >= 4 is 5.97 Å². The van der Waals surface area contributed by atoms with Gasteiger partial charge in [-0.25, -0.2) is 4.79 Å². The van der Waals surface area contributed by atoms with E-state index in [1.807, 2.05) is 6.92 Å². The summed E-state index contributed by atoms with van der Waals surface area (Å²) in [6.45, 7) is 19.5. The Kier molecular flexibility index (Phi) is 19.4. The number of carboxylic acids is 1. The van der Waals surface area contributed by atoms with Crippen LogP contribution >= 0.6 is 0 Å². The summed E-state index contributed by atoms with van der Waals surface area (Å²) in [4.78, 5) is 10.3. The highest BCUT2D eigenvalue weighted by Crippen LogP contribution is 1.98. The smallest absolute Gasteiger partial charge is 0.331 e. The van der Waals surface area contributed by atoms with Gasteiger partial charge in [0.05, 0.1) is 6.10 Å². The number of carbonyl (C=O) groups is 1. The molecule has 3 nitrogen and oxygen atoms in total. The Bertz CT molecular complexity index is 183. The van der Waals surface area contributed by atoms with E-state index in [0.717, 1.165) is 0 Å². The molecule has 0 rings (SSSR count). The predicted octanol–water partition coefficient (Wildman–Crippen LogP) is 2.86. The first-order chi connectivity index (χ1) is 7.07. The van der Waals surface area contributed by atoms with Gasteiger partial charge >= 0.3 is 5.97 Å². The molecule has 0 aromatic carbocycles. The van der Waals surface area contributed by atoms with Crippen molar-refractivity contribution in [3.63, 3.8) is 0 Å². The van der Waals surface area contributed by atoms with E-state index in [1.54, 1.807) is 0 Å². The SMILES string of the molecule is C=C.C=C.[CH2]C(C=C(C)C(=O)O)OCC. The molecule has 1 atom stereocenters. The molecule has 0 spiro atoms. The summed E-state index contributed by atoms with van der Waals surface area (Å²) in [6.07, 6.45) is 1.11. The zero-order valence-corrected chi connectivity index (χ0v) is 9.66. The Morgan fingerprint density at radius 1 is 1.40 bits per heavy atom. The highest BCUT2D eigenvalue weighted by Gasteiger charge is 2.02. The number of hydrogen-bond acceptors (Lipinski definition) is 2. The molecule has 0 fully saturated rings. The van der Waals surface area contributed by atoms with Crippen LogP contribution in [0.1, 0.15) is 13.8 Å². The van der Waals surface area contributed by atoms with Crippen molar-refractivity contribution in [2.24, 2.45) is 0 Å². The largest absolute Gasteiger partial charge is 0.478 e. The summed E-state index contributed by atoms with van der Waals surface area (Å²) in [6, 6.07) is 0. The van der Waals surface area contributed by atoms with Crippen molar-refractivity contribution in [3.05, 3.63) is 44.9 Å². The maximum Gasteiger partial charge on any atom is 0.331 e. The highest BCUT2D eigenvalue weighted by atomic mass is 16.5. The molecule has 3 heteroatoms. The minimum absolute atomic E-state index is 0.262. The second-order valence-electron chi connectivity index (χ2n) is 2.15. The van der Waals surface area contributed by atoms with Gasteiger partial charge in [0, 0.05) is 12.2 Å². The van der Waals surface area contributed by atoms with Gasteiger partial charge in [-0.05, 0) is 26.8 Å². The molecule has 0 aromatic rings. The summed E-state index contributed by atoms with van der Waals surface area (Å²) < 4.78 is 5.01. The van der Waals surface area contributed by atoms with Gasteiger partial charge in [-0.1, -0.05) is 0 Å². The van der Waals surface area contributed by atoms with Gasteiger partial charge in [0.15, 0.2) is 0 Å². The minimum Gasteiger partial charge on any atom is -0.478 e. The first-order valence-electron chi connectivity index (χ1n) is 4.44. The number of hydrogen-bond donors (Lipinski definition) is 1. The molecular weight excluding hydrogens is 192 g/mol. The van der Waals surface area contributed by atoms with Crippen LogP contribution in [0.2, 0.25) is 0 Å². The molecule has 15 heavy (non-hydrogen) atoms. The molecule has 0 aliphatic heterocycles. The molecule has 87 valence electrons. The van der Waals surface area contributed by atoms with Crippen molar-refractivity contribution in [2.75, 3.05) is 6.61 Å². The lowest BCUT2D eigenvalue weighted by atomic mass is 10.2. The van der Waals surface area contributed by atoms with Crippen LogP contribution in [-0.2, 0) is 9.53 Å². The maximum absolute atomic E-state index is 10.3. The fourth-order valence-electron chi connectivity index (χ4n) is 0.612. The highest BCUT2D eigenvalue weighted by molar-refractivity contribution is 5.85. The minimum atomic E-state index is -0.932. The fourth-order valence-corrected chi connectivity index (χ4v) is 0.612. The normalized spacial score (nSPS) is 11.3. The van der Waals surface area contributed by atoms with E-state index in [2.05, 4.69) is 33.2 Å². The maximum atomic E-state index is 10.3. The van der Waals surface area contributed by atoms with E-state index in [4.69, 9.17) is 9.84 Å². The molecule has 1 radical (unpaired) electrons. The first-order valence-corrected chi connectivity index (χ1v) is 4.44. The molecular formula is C12H21O3. The molecule has 0 aromatic heterocycles. The van der Waals surface area contributed by atoms with E-state index in [9.17, 15) is 4.79 Å². The molecule has 0 saturated heterocycles. The number of aliphatic carboxylic acids is 1. The second kappa shape index (κ2) is 15.1. The molecule has 1 N–H and O–H groups in total. The third kappa shape index (κ3) is 15.4. The monoisotopic (exact) mass is 213 g/mol. The van der Waals surface area contributed by atoms with Crippen LogP contribution in [0.15, 0.2) is 38.0 Å². The van der Waals surface area contributed by atoms with Crippen LogP contribution in [0.5, 0.6) is 0 Å². The molecule has 0 saturated carbocycles. The topological polar surface area (TPSA) is 46.5 Å². The summed E-state index contributed by atoms with van der Waals surface area (Å²) in [5.74, 6) is -0.932. The zero-order chi connectivity index (χ0) is 12.9. The lowest BCUT2D eigenvalue weighted by Crippen LogP contribution is -2.07. The molecule has 0 amide bonds. The molecule has 0 aliphatic rings. The van der Waals surface area contributed by atoms with Crippen LogP contribution in [0.4, 0.5) is 0 Å². The van der Waals surface area contributed by atoms with Gasteiger partial charge < -0.3 is 9.84 Å². The van der Waals surface area contributed by atoms with Crippen LogP contribution in [0.25, 0.3) is 0 Å². The average molecular weight is 213 g/mol. The van der Waals surface area contributed by atoms with Crippen LogP contribution < -0.4 is 0 Å². The first kappa shape index (κ1) is 19.3. The average Bonchev–Trinajstić information content (AvgIpc) is 2.24. The molecule has 0 heterocycles. The summed E-state index contributed by atoms with van der Waals surface area (Å²) in [7, 11) is 0. The quantitative estimate of drug-likeness (QED) is 0.577. The standard InChI is InChI=1S/C8H13O3.2C2H4/c1-4-11-7(3)5-6(2)8(9)10;2*1-2/h5,7H,3-4H2,1-2H3,(H,9,10);2*1-2H2. The van der Waals surface area contributed by atoms with E-state index in [0.29, 0.717) is 6.61 Å². The van der Waals surface area contributed by atoms with Crippen LogP contribution in [-0.4, -0.2) is 23.8 Å². The van der Waals surface area contributed by atoms with Gasteiger partial charge in [0.25, 0.3) is 0 Å². The fraction of sp³-hybridized carbons (Fsp3) is 0.333. The third-order valence-electron chi connectivity index (χ3n) is 1.15. The Morgan fingerprint density at radius 3 is 2.07 bits per heavy atom. The van der Waals surface area contributed by atoms with Gasteiger partial charge in [0.2, 0.25) is 0 Å². The second-order valence-corrected chi connectivity index (χ2v) is 2.15. The van der Waals surface area contributed by atoms with Crippen LogP contribution in [0, 0.1) is 6.92 Å². The van der Waals surface area contributed by atoms with E-state index < -0.39 is 5.97 Å². The van der Waals surface area contributed by atoms with Crippen molar-refractivity contribution in [1.29, 1.82) is 0 Å². The van der Waals surface area contributed by atoms with Crippen molar-refractivity contribution in [2.45, 2.75) is 20.0 Å². The van der Waals surface area contributed by atoms with Gasteiger partial charge in [-0.15, -0.1) is 26.3 Å². The number of rotatable bonds is 4. The lowest BCUT2D eigenvalue weighted by Gasteiger charge is -2.05. The Morgan fingerprint density at radius 2 is 1.80 bits per heavy atom. The van der Waals surface area contributed by atoms with Crippen molar-refractivity contribution in [1.82, 2.24) is 0 Å². The Hall–Kier alpha value is -1.35. The van der Waals surface area contributed by atoms with Gasteiger partial charge in [-0.2, -0.15) is 0 Å². The summed E-state index contributed by atoms with van der Waals surface area (Å²) in [5.41, 5.74) is 0.262. The van der Waals surface area contributed by atoms with Gasteiger partial charge in [0.1, 0.15) is 0 Å². The molecule has 0 aliphatic carbocycles. The molecule has 0 bridgehead atoms. The number of carboxylic acid groups (broad SMARTS) is 1. The Balaban J connectivity index is -0.000000318. The van der Waals surface area contributed by atoms with Crippen molar-refractivity contribution < 1.29 is 14.6 Å². The Labute approximate surface area is 92.8 Å². The molecule has 1 unspecified atom stereocenters.